The summed E-state index contributed by atoms with van der Waals surface area (Å²) >= 11 is 1.49. The number of carboxylic acids is 1. The number of hydrogen-bond acceptors (Lipinski definition) is 3. The molecule has 1 N–H and O–H groups in total. The highest BCUT2D eigenvalue weighted by molar-refractivity contribution is 7.99. The Balaban J connectivity index is 2.16. The van der Waals surface area contributed by atoms with E-state index in [4.69, 9.17) is 5.11 Å². The number of para-hydroxylation sites is 1. The molecule has 1 aromatic heterocycles. The summed E-state index contributed by atoms with van der Waals surface area (Å²) in [6.07, 6.45) is 0.152. The van der Waals surface area contributed by atoms with Crippen LogP contribution in [0.5, 0.6) is 0 Å². The maximum atomic E-state index is 10.6. The first-order valence-electron chi connectivity index (χ1n) is 5.39. The lowest BCUT2D eigenvalue weighted by Gasteiger charge is -2.08. The van der Waals surface area contributed by atoms with E-state index in [1.54, 1.807) is 0 Å². The Hall–Kier alpha value is -1.55. The molecule has 88 valence electrons. The van der Waals surface area contributed by atoms with Crippen LogP contribution in [0.15, 0.2) is 41.4 Å². The molecule has 4 heteroatoms. The van der Waals surface area contributed by atoms with Gasteiger partial charge >= 0.3 is 5.97 Å². The molecule has 1 heterocycles. The standard InChI is InChI=1S/C13H13NO2S/c1-9(8-13(15)16)17-12-7-6-10-4-2-3-5-11(10)14-12/h2-7,9H,8H2,1H3,(H,15,16). The predicted octanol–water partition coefficient (Wildman–Crippen LogP) is 3.19. The Bertz CT molecular complexity index is 542. The summed E-state index contributed by atoms with van der Waals surface area (Å²) in [5.74, 6) is -0.772. The van der Waals surface area contributed by atoms with Gasteiger partial charge in [0.15, 0.2) is 0 Å². The zero-order chi connectivity index (χ0) is 12.3. The first-order chi connectivity index (χ1) is 8.15. The van der Waals surface area contributed by atoms with Crippen molar-refractivity contribution in [3.63, 3.8) is 0 Å². The van der Waals surface area contributed by atoms with Crippen LogP contribution in [0.2, 0.25) is 0 Å². The molecule has 2 aromatic rings. The molecule has 1 unspecified atom stereocenters. The molecule has 0 bridgehead atoms. The van der Waals surface area contributed by atoms with E-state index in [0.29, 0.717) is 0 Å². The number of pyridine rings is 1. The third-order valence-electron chi connectivity index (χ3n) is 2.36. The monoisotopic (exact) mass is 247 g/mol. The van der Waals surface area contributed by atoms with Crippen LogP contribution in [0.4, 0.5) is 0 Å². The Labute approximate surface area is 104 Å². The van der Waals surface area contributed by atoms with Crippen LogP contribution < -0.4 is 0 Å². The minimum Gasteiger partial charge on any atom is -0.481 e. The van der Waals surface area contributed by atoms with Gasteiger partial charge in [-0.05, 0) is 12.1 Å². The number of aliphatic carboxylic acids is 1. The smallest absolute Gasteiger partial charge is 0.304 e. The maximum absolute atomic E-state index is 10.6. The fourth-order valence-corrected chi connectivity index (χ4v) is 2.54. The van der Waals surface area contributed by atoms with Gasteiger partial charge in [0.2, 0.25) is 0 Å². The molecular formula is C13H13NO2S. The number of fused-ring (bicyclic) bond motifs is 1. The van der Waals surface area contributed by atoms with Gasteiger partial charge in [-0.2, -0.15) is 0 Å². The molecule has 1 aromatic carbocycles. The van der Waals surface area contributed by atoms with Crippen molar-refractivity contribution in [3.05, 3.63) is 36.4 Å². The van der Waals surface area contributed by atoms with Crippen LogP contribution in [-0.4, -0.2) is 21.3 Å². The molecule has 0 spiro atoms. The molecule has 0 saturated carbocycles. The van der Waals surface area contributed by atoms with Gasteiger partial charge in [0.05, 0.1) is 17.0 Å². The molecule has 0 aliphatic rings. The second-order valence-corrected chi connectivity index (χ2v) is 5.33. The number of carbonyl (C=O) groups is 1. The van der Waals surface area contributed by atoms with Crippen LogP contribution in [-0.2, 0) is 4.79 Å². The normalized spacial score (nSPS) is 12.5. The van der Waals surface area contributed by atoms with Crippen LogP contribution >= 0.6 is 11.8 Å². The fourth-order valence-electron chi connectivity index (χ4n) is 1.61. The van der Waals surface area contributed by atoms with Crippen LogP contribution in [0.1, 0.15) is 13.3 Å². The highest BCUT2D eigenvalue weighted by atomic mass is 32.2. The number of nitrogens with zero attached hydrogens (tertiary/aromatic N) is 1. The molecule has 0 saturated heterocycles. The molecule has 1 atom stereocenters. The van der Waals surface area contributed by atoms with E-state index in [1.165, 1.54) is 11.8 Å². The summed E-state index contributed by atoms with van der Waals surface area (Å²) in [7, 11) is 0. The van der Waals surface area contributed by atoms with Crippen molar-refractivity contribution in [3.8, 4) is 0 Å². The SMILES string of the molecule is CC(CC(=O)O)Sc1ccc2ccccc2n1. The Morgan fingerprint density at radius 2 is 2.12 bits per heavy atom. The molecule has 3 nitrogen and oxygen atoms in total. The van der Waals surface area contributed by atoms with Crippen molar-refractivity contribution in [1.29, 1.82) is 0 Å². The largest absolute Gasteiger partial charge is 0.481 e. The average molecular weight is 247 g/mol. The third-order valence-corrected chi connectivity index (χ3v) is 3.39. The van der Waals surface area contributed by atoms with E-state index in [1.807, 2.05) is 43.3 Å². The summed E-state index contributed by atoms with van der Waals surface area (Å²) in [6.45, 7) is 1.90. The average Bonchev–Trinajstić information content (AvgIpc) is 2.27. The second kappa shape index (κ2) is 5.19. The third kappa shape index (κ3) is 3.20. The van der Waals surface area contributed by atoms with Crippen molar-refractivity contribution >= 4 is 28.6 Å². The van der Waals surface area contributed by atoms with Gasteiger partial charge in [-0.1, -0.05) is 31.2 Å². The lowest BCUT2D eigenvalue weighted by molar-refractivity contribution is -0.136. The summed E-state index contributed by atoms with van der Waals surface area (Å²) < 4.78 is 0. The topological polar surface area (TPSA) is 50.2 Å². The number of aromatic nitrogens is 1. The van der Waals surface area contributed by atoms with E-state index in [9.17, 15) is 4.79 Å². The van der Waals surface area contributed by atoms with E-state index in [2.05, 4.69) is 4.98 Å². The highest BCUT2D eigenvalue weighted by Gasteiger charge is 2.10. The van der Waals surface area contributed by atoms with Gasteiger partial charge in [0.1, 0.15) is 0 Å². The number of rotatable bonds is 4. The summed E-state index contributed by atoms with van der Waals surface area (Å²) in [5, 5.41) is 10.7. The van der Waals surface area contributed by atoms with Crippen molar-refractivity contribution < 1.29 is 9.90 Å². The minimum atomic E-state index is -0.772. The maximum Gasteiger partial charge on any atom is 0.304 e. The lowest BCUT2D eigenvalue weighted by Crippen LogP contribution is -2.05. The predicted molar refractivity (Wildman–Crippen MR) is 69.3 cm³/mol. The Morgan fingerprint density at radius 3 is 2.88 bits per heavy atom. The van der Waals surface area contributed by atoms with Gasteiger partial charge in [-0.3, -0.25) is 4.79 Å². The fraction of sp³-hybridized carbons (Fsp3) is 0.231. The molecule has 0 aliphatic heterocycles. The van der Waals surface area contributed by atoms with Crippen molar-refractivity contribution in [1.82, 2.24) is 4.98 Å². The number of thioether (sulfide) groups is 1. The molecule has 0 amide bonds. The Kier molecular flexibility index (Phi) is 3.64. The van der Waals surface area contributed by atoms with Gasteiger partial charge in [0.25, 0.3) is 0 Å². The van der Waals surface area contributed by atoms with Crippen molar-refractivity contribution in [2.75, 3.05) is 0 Å². The van der Waals surface area contributed by atoms with E-state index >= 15 is 0 Å². The summed E-state index contributed by atoms with van der Waals surface area (Å²) in [5.41, 5.74) is 0.944. The zero-order valence-corrected chi connectivity index (χ0v) is 10.3. The van der Waals surface area contributed by atoms with Gasteiger partial charge in [-0.25, -0.2) is 4.98 Å². The lowest BCUT2D eigenvalue weighted by atomic mass is 10.2. The van der Waals surface area contributed by atoms with Gasteiger partial charge < -0.3 is 5.11 Å². The quantitative estimate of drug-likeness (QED) is 0.843. The molecule has 0 aliphatic carbocycles. The van der Waals surface area contributed by atoms with Gasteiger partial charge in [0, 0.05) is 10.6 Å². The zero-order valence-electron chi connectivity index (χ0n) is 9.46. The van der Waals surface area contributed by atoms with Gasteiger partial charge in [-0.15, -0.1) is 11.8 Å². The highest BCUT2D eigenvalue weighted by Crippen LogP contribution is 2.25. The summed E-state index contributed by atoms with van der Waals surface area (Å²) in [6, 6.07) is 11.8. The molecule has 2 rings (SSSR count). The van der Waals surface area contributed by atoms with E-state index < -0.39 is 5.97 Å². The molecular weight excluding hydrogens is 234 g/mol. The van der Waals surface area contributed by atoms with E-state index in [0.717, 1.165) is 15.9 Å². The van der Waals surface area contributed by atoms with E-state index in [-0.39, 0.29) is 11.7 Å². The van der Waals surface area contributed by atoms with Crippen LogP contribution in [0, 0.1) is 0 Å². The number of hydrogen-bond donors (Lipinski definition) is 1. The van der Waals surface area contributed by atoms with Crippen LogP contribution in [0.3, 0.4) is 0 Å². The van der Waals surface area contributed by atoms with Crippen molar-refractivity contribution in [2.24, 2.45) is 0 Å². The first kappa shape index (κ1) is 11.9. The Morgan fingerprint density at radius 1 is 1.35 bits per heavy atom. The first-order valence-corrected chi connectivity index (χ1v) is 6.27. The van der Waals surface area contributed by atoms with Crippen molar-refractivity contribution in [2.45, 2.75) is 23.6 Å². The second-order valence-electron chi connectivity index (χ2n) is 3.87. The minimum absolute atomic E-state index is 0.0289. The summed E-state index contributed by atoms with van der Waals surface area (Å²) in [4.78, 5) is 15.1. The molecule has 0 radical (unpaired) electrons. The molecule has 17 heavy (non-hydrogen) atoms. The number of carboxylic acid groups (broad SMARTS) is 1. The molecule has 0 fully saturated rings. The van der Waals surface area contributed by atoms with Crippen LogP contribution in [0.25, 0.3) is 10.9 Å². The number of benzene rings is 1.